The van der Waals surface area contributed by atoms with Crippen molar-refractivity contribution in [2.24, 2.45) is 0 Å². The highest BCUT2D eigenvalue weighted by Gasteiger charge is 2.32. The lowest BCUT2D eigenvalue weighted by molar-refractivity contribution is -0.116. The van der Waals surface area contributed by atoms with Crippen molar-refractivity contribution >= 4 is 11.7 Å². The van der Waals surface area contributed by atoms with Gasteiger partial charge in [-0.1, -0.05) is 18.2 Å². The molecule has 0 bridgehead atoms. The van der Waals surface area contributed by atoms with E-state index >= 15 is 0 Å². The maximum Gasteiger partial charge on any atom is 0.264 e. The van der Waals surface area contributed by atoms with Crippen LogP contribution in [0.4, 0.5) is 5.82 Å². The number of anilines is 1. The summed E-state index contributed by atoms with van der Waals surface area (Å²) in [4.78, 5) is 28.1. The number of aryl methyl sites for hydroxylation is 1. The predicted molar refractivity (Wildman–Crippen MR) is 117 cm³/mol. The molecule has 1 aliphatic rings. The number of nitrogens with one attached hydrogen (secondary N) is 2. The fourth-order valence-electron chi connectivity index (χ4n) is 3.89. The SMILES string of the molecule is Cc1nn(-c2ccc(=O)[nH]n2)c2c1C(c1ccc(OCc3ccccn3)cc1)CC(=O)N2. The van der Waals surface area contributed by atoms with Gasteiger partial charge in [0.15, 0.2) is 5.82 Å². The van der Waals surface area contributed by atoms with Crippen LogP contribution < -0.4 is 15.6 Å². The molecule has 1 amide bonds. The second kappa shape index (κ2) is 8.10. The van der Waals surface area contributed by atoms with Gasteiger partial charge in [-0.3, -0.25) is 14.6 Å². The quantitative estimate of drug-likeness (QED) is 0.505. The molecule has 1 atom stereocenters. The molecule has 4 aromatic rings. The van der Waals surface area contributed by atoms with E-state index in [1.807, 2.05) is 49.4 Å². The van der Waals surface area contributed by atoms with Gasteiger partial charge in [-0.2, -0.15) is 14.9 Å². The lowest BCUT2D eigenvalue weighted by Crippen LogP contribution is -2.25. The van der Waals surface area contributed by atoms with Crippen LogP contribution in [-0.2, 0) is 11.4 Å². The van der Waals surface area contributed by atoms with Gasteiger partial charge in [0.1, 0.15) is 18.2 Å². The maximum absolute atomic E-state index is 12.5. The fourth-order valence-corrected chi connectivity index (χ4v) is 3.89. The zero-order valence-electron chi connectivity index (χ0n) is 17.3. The lowest BCUT2D eigenvalue weighted by Gasteiger charge is -2.24. The Balaban J connectivity index is 1.43. The normalized spacial score (nSPS) is 15.2. The van der Waals surface area contributed by atoms with Gasteiger partial charge in [-0.25, -0.2) is 5.10 Å². The molecular weight excluding hydrogens is 408 g/mol. The van der Waals surface area contributed by atoms with Crippen LogP contribution in [0.2, 0.25) is 0 Å². The minimum absolute atomic E-state index is 0.108. The topological polar surface area (TPSA) is 115 Å². The Labute approximate surface area is 183 Å². The third-order valence-corrected chi connectivity index (χ3v) is 5.38. The van der Waals surface area contributed by atoms with Crippen LogP contribution >= 0.6 is 0 Å². The van der Waals surface area contributed by atoms with E-state index in [0.29, 0.717) is 24.7 Å². The molecule has 160 valence electrons. The van der Waals surface area contributed by atoms with Crippen molar-refractivity contribution in [3.05, 3.63) is 93.7 Å². The molecule has 9 heteroatoms. The van der Waals surface area contributed by atoms with E-state index in [-0.39, 0.29) is 17.4 Å². The summed E-state index contributed by atoms with van der Waals surface area (Å²) >= 11 is 0. The predicted octanol–water partition coefficient (Wildman–Crippen LogP) is 2.71. The van der Waals surface area contributed by atoms with E-state index in [0.717, 1.165) is 28.3 Å². The van der Waals surface area contributed by atoms with Crippen LogP contribution in [0, 0.1) is 6.92 Å². The highest BCUT2D eigenvalue weighted by Crippen LogP contribution is 2.40. The second-order valence-corrected chi connectivity index (χ2v) is 7.52. The van der Waals surface area contributed by atoms with Gasteiger partial charge in [0.25, 0.3) is 5.56 Å². The molecule has 0 aliphatic carbocycles. The zero-order valence-corrected chi connectivity index (χ0v) is 17.3. The van der Waals surface area contributed by atoms with Gasteiger partial charge >= 0.3 is 0 Å². The Hall–Kier alpha value is -4.27. The first-order chi connectivity index (χ1) is 15.6. The molecule has 1 aliphatic heterocycles. The van der Waals surface area contributed by atoms with Gasteiger partial charge in [0, 0.05) is 30.2 Å². The van der Waals surface area contributed by atoms with Crippen molar-refractivity contribution in [3.63, 3.8) is 0 Å². The molecule has 5 rings (SSSR count). The molecule has 0 fully saturated rings. The molecule has 3 aromatic heterocycles. The number of carbonyl (C=O) groups excluding carboxylic acids is 1. The third-order valence-electron chi connectivity index (χ3n) is 5.38. The molecule has 4 heterocycles. The number of hydrogen-bond acceptors (Lipinski definition) is 6. The van der Waals surface area contributed by atoms with Crippen molar-refractivity contribution in [1.82, 2.24) is 25.0 Å². The summed E-state index contributed by atoms with van der Waals surface area (Å²) in [7, 11) is 0. The minimum atomic E-state index is -0.307. The number of H-pyrrole nitrogens is 1. The van der Waals surface area contributed by atoms with Gasteiger partial charge in [0.05, 0.1) is 11.4 Å². The van der Waals surface area contributed by atoms with Crippen molar-refractivity contribution in [1.29, 1.82) is 0 Å². The van der Waals surface area contributed by atoms with E-state index in [4.69, 9.17) is 4.74 Å². The summed E-state index contributed by atoms with van der Waals surface area (Å²) in [5, 5.41) is 13.9. The number of hydrogen-bond donors (Lipinski definition) is 2. The Morgan fingerprint density at radius 3 is 2.66 bits per heavy atom. The third kappa shape index (κ3) is 3.76. The van der Waals surface area contributed by atoms with E-state index in [2.05, 4.69) is 25.6 Å². The van der Waals surface area contributed by atoms with E-state index in [9.17, 15) is 9.59 Å². The monoisotopic (exact) mass is 428 g/mol. The van der Waals surface area contributed by atoms with E-state index < -0.39 is 0 Å². The van der Waals surface area contributed by atoms with Crippen LogP contribution in [0.25, 0.3) is 5.82 Å². The number of pyridine rings is 1. The number of aromatic amines is 1. The summed E-state index contributed by atoms with van der Waals surface area (Å²) in [6.45, 7) is 2.28. The largest absolute Gasteiger partial charge is 0.487 e. The van der Waals surface area contributed by atoms with Crippen LogP contribution in [0.3, 0.4) is 0 Å². The number of rotatable bonds is 5. The number of carbonyl (C=O) groups is 1. The molecule has 1 unspecified atom stereocenters. The number of aromatic nitrogens is 5. The Bertz CT molecular complexity index is 1310. The van der Waals surface area contributed by atoms with Crippen LogP contribution in [0.1, 0.15) is 34.9 Å². The standard InChI is InChI=1S/C23H20N6O3/c1-14-22-18(15-5-7-17(8-6-15)32-13-16-4-2-3-11-24-16)12-21(31)25-23(22)29(28-14)19-9-10-20(30)27-26-19/h2-11,18H,12-13H2,1H3,(H,25,31)(H,27,30). The molecular formula is C23H20N6O3. The van der Waals surface area contributed by atoms with Gasteiger partial charge < -0.3 is 10.1 Å². The van der Waals surface area contributed by atoms with Crippen LogP contribution in [-0.4, -0.2) is 30.9 Å². The molecule has 9 nitrogen and oxygen atoms in total. The molecule has 0 saturated heterocycles. The molecule has 32 heavy (non-hydrogen) atoms. The van der Waals surface area contributed by atoms with Crippen LogP contribution in [0.5, 0.6) is 5.75 Å². The van der Waals surface area contributed by atoms with Gasteiger partial charge in [-0.15, -0.1) is 0 Å². The lowest BCUT2D eigenvalue weighted by atomic mass is 9.86. The summed E-state index contributed by atoms with van der Waals surface area (Å²) in [6, 6.07) is 16.4. The summed E-state index contributed by atoms with van der Waals surface area (Å²) in [6.07, 6.45) is 2.05. The molecule has 0 spiro atoms. The molecule has 1 aromatic carbocycles. The smallest absolute Gasteiger partial charge is 0.264 e. The highest BCUT2D eigenvalue weighted by molar-refractivity contribution is 5.95. The number of amides is 1. The Morgan fingerprint density at radius 2 is 1.94 bits per heavy atom. The molecule has 0 saturated carbocycles. The molecule has 2 N–H and O–H groups in total. The van der Waals surface area contributed by atoms with E-state index in [1.54, 1.807) is 16.9 Å². The van der Waals surface area contributed by atoms with Gasteiger partial charge in [-0.05, 0) is 42.8 Å². The summed E-state index contributed by atoms with van der Waals surface area (Å²) in [5.41, 5.74) is 3.25. The van der Waals surface area contributed by atoms with Crippen molar-refractivity contribution < 1.29 is 9.53 Å². The number of benzene rings is 1. The van der Waals surface area contributed by atoms with Crippen molar-refractivity contribution in [2.75, 3.05) is 5.32 Å². The summed E-state index contributed by atoms with van der Waals surface area (Å²) in [5.74, 6) is 1.46. The highest BCUT2D eigenvalue weighted by atomic mass is 16.5. The second-order valence-electron chi connectivity index (χ2n) is 7.52. The number of fused-ring (bicyclic) bond motifs is 1. The molecule has 0 radical (unpaired) electrons. The maximum atomic E-state index is 12.5. The summed E-state index contributed by atoms with van der Waals surface area (Å²) < 4.78 is 7.38. The zero-order chi connectivity index (χ0) is 22.1. The van der Waals surface area contributed by atoms with Crippen molar-refractivity contribution in [2.45, 2.75) is 25.9 Å². The average Bonchev–Trinajstić information content (AvgIpc) is 3.15. The van der Waals surface area contributed by atoms with Crippen molar-refractivity contribution in [3.8, 4) is 11.6 Å². The average molecular weight is 428 g/mol. The first kappa shape index (κ1) is 19.7. The first-order valence-corrected chi connectivity index (χ1v) is 10.2. The minimum Gasteiger partial charge on any atom is -0.487 e. The number of nitrogens with zero attached hydrogens (tertiary/aromatic N) is 4. The number of ether oxygens (including phenoxy) is 1. The van der Waals surface area contributed by atoms with Crippen LogP contribution in [0.15, 0.2) is 65.6 Å². The fraction of sp³-hybridized carbons (Fsp3) is 0.174. The Morgan fingerprint density at radius 1 is 1.09 bits per heavy atom. The van der Waals surface area contributed by atoms with E-state index in [1.165, 1.54) is 6.07 Å². The first-order valence-electron chi connectivity index (χ1n) is 10.2. The van der Waals surface area contributed by atoms with Gasteiger partial charge in [0.2, 0.25) is 5.91 Å². The Kier molecular flexibility index (Phi) is 4.98.